The first-order valence-electron chi connectivity index (χ1n) is 1.20. The molecule has 0 aromatic heterocycles. The van der Waals surface area contributed by atoms with Gasteiger partial charge in [-0.25, -0.2) is 0 Å². The maximum atomic E-state index is 4.24. The first-order chi connectivity index (χ1) is 2.41. The molecule has 0 rings (SSSR count). The van der Waals surface area contributed by atoms with Crippen molar-refractivity contribution in [3.63, 3.8) is 0 Å². The average molecular weight is 69.1 g/mol. The monoisotopic (exact) mass is 69.0 g/mol. The lowest BCUT2D eigenvalue weighted by molar-refractivity contribution is 0.379. The minimum absolute atomic E-state index is 1.26. The molecule has 0 saturated heterocycles. The molecule has 0 fully saturated rings. The van der Waals surface area contributed by atoms with Gasteiger partial charge in [-0.3, -0.25) is 0 Å². The largest absolute Gasteiger partial charge is 0.462 e. The lowest BCUT2D eigenvalue weighted by atomic mass is 11.1. The Hall–Kier alpha value is -0.720. The molecule has 5 heavy (non-hydrogen) atoms. The number of hydrogen-bond donors (Lipinski definition) is 0. The second kappa shape index (κ2) is 3.28. The Balaban J connectivity index is 2.65. The molecule has 1 radical (unpaired) electrons. The molecule has 0 aliphatic heterocycles. The van der Waals surface area contributed by atoms with Crippen LogP contribution in [0.3, 0.4) is 0 Å². The molecule has 1 heteroatoms. The van der Waals surface area contributed by atoms with Crippen molar-refractivity contribution >= 4 is 0 Å². The molecular weight excluding hydrogens is 64.0 g/mol. The zero-order valence-electron chi connectivity index (χ0n) is 2.90. The van der Waals surface area contributed by atoms with Gasteiger partial charge in [0.2, 0.25) is 0 Å². The maximum Gasteiger partial charge on any atom is 0.161 e. The summed E-state index contributed by atoms with van der Waals surface area (Å²) < 4.78 is 4.24. The molecule has 0 atom stereocenters. The van der Waals surface area contributed by atoms with E-state index in [1.165, 1.54) is 6.26 Å². The highest BCUT2D eigenvalue weighted by atomic mass is 16.5. The van der Waals surface area contributed by atoms with E-state index in [0.29, 0.717) is 0 Å². The van der Waals surface area contributed by atoms with Crippen molar-refractivity contribution in [3.05, 3.63) is 25.7 Å². The van der Waals surface area contributed by atoms with Crippen LogP contribution < -0.4 is 0 Å². The van der Waals surface area contributed by atoms with Crippen LogP contribution in [-0.4, -0.2) is 0 Å². The Morgan fingerprint density at radius 2 is 2.40 bits per heavy atom. The van der Waals surface area contributed by atoms with Gasteiger partial charge in [-0.2, -0.15) is 0 Å². The molecule has 0 aromatic rings. The van der Waals surface area contributed by atoms with Crippen LogP contribution in [0.25, 0.3) is 0 Å². The Morgan fingerprint density at radius 3 is 2.40 bits per heavy atom. The third-order valence-electron chi connectivity index (χ3n) is 0.167. The summed E-state index contributed by atoms with van der Waals surface area (Å²) in [5, 5.41) is 0. The van der Waals surface area contributed by atoms with Crippen molar-refractivity contribution < 1.29 is 4.74 Å². The third kappa shape index (κ3) is 3.28. The van der Waals surface area contributed by atoms with Gasteiger partial charge in [0, 0.05) is 0 Å². The fourth-order valence-corrected chi connectivity index (χ4v) is 0.0589. The van der Waals surface area contributed by atoms with Gasteiger partial charge < -0.3 is 4.74 Å². The summed E-state index contributed by atoms with van der Waals surface area (Å²) in [4.78, 5) is 0. The lowest BCUT2D eigenvalue weighted by Gasteiger charge is -1.74. The van der Waals surface area contributed by atoms with Gasteiger partial charge >= 0.3 is 0 Å². The third-order valence-corrected chi connectivity index (χ3v) is 0.167. The van der Waals surface area contributed by atoms with Crippen molar-refractivity contribution in [2.24, 2.45) is 0 Å². The van der Waals surface area contributed by atoms with Gasteiger partial charge in [0.15, 0.2) is 6.26 Å². The van der Waals surface area contributed by atoms with Crippen LogP contribution in [0.5, 0.6) is 0 Å². The van der Waals surface area contributed by atoms with E-state index in [-0.39, 0.29) is 0 Å². The van der Waals surface area contributed by atoms with E-state index in [2.05, 4.69) is 24.2 Å². The smallest absolute Gasteiger partial charge is 0.161 e. The number of hydrogen-bond acceptors (Lipinski definition) is 1. The van der Waals surface area contributed by atoms with E-state index in [9.17, 15) is 0 Å². The summed E-state index contributed by atoms with van der Waals surface area (Å²) in [6, 6.07) is 0. The molecule has 0 heterocycles. The molecule has 0 aliphatic rings. The van der Waals surface area contributed by atoms with Crippen LogP contribution in [0, 0.1) is 6.26 Å². The highest BCUT2D eigenvalue weighted by Crippen LogP contribution is 1.63. The first-order valence-corrected chi connectivity index (χ1v) is 1.20. The molecule has 0 aromatic carbocycles. The summed E-state index contributed by atoms with van der Waals surface area (Å²) in [5.41, 5.74) is 0. The van der Waals surface area contributed by atoms with Crippen molar-refractivity contribution in [3.8, 4) is 0 Å². The van der Waals surface area contributed by atoms with E-state index in [0.717, 1.165) is 0 Å². The van der Waals surface area contributed by atoms with Crippen molar-refractivity contribution in [2.75, 3.05) is 0 Å². The summed E-state index contributed by atoms with van der Waals surface area (Å²) in [6.45, 7) is 6.36. The van der Waals surface area contributed by atoms with Gasteiger partial charge in [0.1, 0.15) is 0 Å². The summed E-state index contributed by atoms with van der Waals surface area (Å²) in [5.74, 6) is 0. The predicted molar refractivity (Wildman–Crippen MR) is 20.2 cm³/mol. The molecule has 0 saturated carbocycles. The minimum Gasteiger partial charge on any atom is -0.462 e. The van der Waals surface area contributed by atoms with Crippen LogP contribution in [0.2, 0.25) is 0 Å². The minimum atomic E-state index is 1.26. The number of ether oxygens (including phenoxy) is 1. The van der Waals surface area contributed by atoms with Crippen LogP contribution in [0.4, 0.5) is 0 Å². The van der Waals surface area contributed by atoms with Crippen LogP contribution in [0.1, 0.15) is 0 Å². The lowest BCUT2D eigenvalue weighted by Crippen LogP contribution is -1.54. The quantitative estimate of drug-likeness (QED) is 0.441. The Bertz CT molecular complexity index is 32.9. The molecule has 27 valence electrons. The molecule has 0 unspecified atom stereocenters. The second-order valence-electron chi connectivity index (χ2n) is 0.429. The van der Waals surface area contributed by atoms with Crippen molar-refractivity contribution in [1.29, 1.82) is 0 Å². The van der Waals surface area contributed by atoms with E-state index in [1.54, 1.807) is 0 Å². The summed E-state index contributed by atoms with van der Waals surface area (Å²) in [7, 11) is 0. The zero-order chi connectivity index (χ0) is 4.12. The molecular formula is C4H5O. The SMILES string of the molecule is C=[C]OC=C. The van der Waals surface area contributed by atoms with E-state index in [1.807, 2.05) is 0 Å². The van der Waals surface area contributed by atoms with Crippen LogP contribution in [-0.2, 0) is 4.74 Å². The van der Waals surface area contributed by atoms with Crippen molar-refractivity contribution in [1.82, 2.24) is 0 Å². The fourth-order valence-electron chi connectivity index (χ4n) is 0.0589. The molecule has 0 bridgehead atoms. The van der Waals surface area contributed by atoms with Crippen LogP contribution in [0.15, 0.2) is 19.4 Å². The van der Waals surface area contributed by atoms with Gasteiger partial charge in [-0.05, 0) is 0 Å². The van der Waals surface area contributed by atoms with Gasteiger partial charge in [-0.1, -0.05) is 13.2 Å². The molecule has 0 aliphatic carbocycles. The Labute approximate surface area is 31.6 Å². The molecule has 0 N–H and O–H groups in total. The standard InChI is InChI=1S/C4H5O/c1-3-5-4-2/h3H,1-2H2. The van der Waals surface area contributed by atoms with Gasteiger partial charge in [0.25, 0.3) is 0 Å². The van der Waals surface area contributed by atoms with Gasteiger partial charge in [-0.15, -0.1) is 0 Å². The van der Waals surface area contributed by atoms with Crippen molar-refractivity contribution in [2.45, 2.75) is 0 Å². The highest BCUT2D eigenvalue weighted by Gasteiger charge is 1.48. The maximum absolute atomic E-state index is 4.24. The van der Waals surface area contributed by atoms with E-state index < -0.39 is 0 Å². The molecule has 0 amide bonds. The highest BCUT2D eigenvalue weighted by molar-refractivity contribution is 4.50. The summed E-state index contributed by atoms with van der Waals surface area (Å²) >= 11 is 0. The summed E-state index contributed by atoms with van der Waals surface area (Å²) in [6.07, 6.45) is 3.41. The zero-order valence-corrected chi connectivity index (χ0v) is 2.90. The van der Waals surface area contributed by atoms with E-state index >= 15 is 0 Å². The van der Waals surface area contributed by atoms with Gasteiger partial charge in [0.05, 0.1) is 6.26 Å². The normalized spacial score (nSPS) is 5.60. The molecule has 0 spiro atoms. The predicted octanol–water partition coefficient (Wildman–Crippen LogP) is 1.09. The Kier molecular flexibility index (Phi) is 2.81. The van der Waals surface area contributed by atoms with Crippen LogP contribution >= 0.6 is 0 Å². The first kappa shape index (κ1) is 4.28. The topological polar surface area (TPSA) is 9.23 Å². The fraction of sp³-hybridized carbons (Fsp3) is 0. The number of rotatable bonds is 2. The van der Waals surface area contributed by atoms with E-state index in [4.69, 9.17) is 0 Å². The average Bonchev–Trinajstić information content (AvgIpc) is 1.41. The Morgan fingerprint density at radius 1 is 1.80 bits per heavy atom. The molecule has 1 nitrogen and oxygen atoms in total. The second-order valence-corrected chi connectivity index (χ2v) is 0.429.